The summed E-state index contributed by atoms with van der Waals surface area (Å²) in [5.74, 6) is 0.687. The van der Waals surface area contributed by atoms with E-state index in [1.807, 2.05) is 30.3 Å². The fourth-order valence-electron chi connectivity index (χ4n) is 1.42. The van der Waals surface area contributed by atoms with Gasteiger partial charge in [-0.1, -0.05) is 29.8 Å². The van der Waals surface area contributed by atoms with Crippen molar-refractivity contribution in [1.29, 1.82) is 0 Å². The molecule has 0 radical (unpaired) electrons. The lowest BCUT2D eigenvalue weighted by atomic mass is 10.3. The largest absolute Gasteiger partial charge is 0.470 e. The average Bonchev–Trinajstić information content (AvgIpc) is 2.33. The molecule has 0 bridgehead atoms. The summed E-state index contributed by atoms with van der Waals surface area (Å²) in [7, 11) is 0. The van der Waals surface area contributed by atoms with Crippen molar-refractivity contribution in [3.05, 3.63) is 58.2 Å². The van der Waals surface area contributed by atoms with Gasteiger partial charge in [0.25, 0.3) is 0 Å². The number of halogens is 1. The monoisotopic (exact) mass is 250 g/mol. The summed E-state index contributed by atoms with van der Waals surface area (Å²) in [6.07, 6.45) is 2.36. The maximum absolute atomic E-state index is 11.5. The van der Waals surface area contributed by atoms with Crippen LogP contribution in [0.5, 0.6) is 5.75 Å². The molecule has 1 aromatic heterocycles. The fourth-order valence-corrected chi connectivity index (χ4v) is 1.57. The molecule has 1 atom stereocenters. The third-order valence-electron chi connectivity index (χ3n) is 2.22. The number of nitrogens with zero attached hydrogens (tertiary/aromatic N) is 2. The Bertz CT molecular complexity index is 554. The van der Waals surface area contributed by atoms with Gasteiger partial charge in [0.1, 0.15) is 5.75 Å². The van der Waals surface area contributed by atoms with Crippen LogP contribution in [-0.2, 0) is 0 Å². The first kappa shape index (κ1) is 11.7. The second-order valence-electron chi connectivity index (χ2n) is 3.49. The number of rotatable bonds is 3. The highest BCUT2D eigenvalue weighted by molar-refractivity contribution is 6.30. The molecule has 0 N–H and O–H groups in total. The molecule has 5 heteroatoms. The van der Waals surface area contributed by atoms with E-state index < -0.39 is 11.9 Å². The minimum absolute atomic E-state index is 0.391. The van der Waals surface area contributed by atoms with Crippen molar-refractivity contribution >= 4 is 11.6 Å². The molecule has 88 valence electrons. The molecule has 0 aliphatic rings. The van der Waals surface area contributed by atoms with E-state index in [-0.39, 0.29) is 0 Å². The van der Waals surface area contributed by atoms with Gasteiger partial charge in [0.2, 0.25) is 0 Å². The topological polar surface area (TPSA) is 44.1 Å². The molecule has 1 heterocycles. The molecule has 1 unspecified atom stereocenters. The van der Waals surface area contributed by atoms with Gasteiger partial charge >= 0.3 is 5.69 Å². The Hall–Kier alpha value is -1.81. The van der Waals surface area contributed by atoms with Crippen LogP contribution in [0.25, 0.3) is 0 Å². The van der Waals surface area contributed by atoms with Gasteiger partial charge in [-0.2, -0.15) is 4.98 Å². The highest BCUT2D eigenvalue weighted by Crippen LogP contribution is 2.15. The molecule has 0 aliphatic heterocycles. The van der Waals surface area contributed by atoms with Gasteiger partial charge in [0, 0.05) is 6.20 Å². The number of aromatic nitrogens is 2. The van der Waals surface area contributed by atoms with Crippen LogP contribution in [0.15, 0.2) is 47.5 Å². The molecule has 0 saturated carbocycles. The van der Waals surface area contributed by atoms with Crippen molar-refractivity contribution in [2.45, 2.75) is 13.2 Å². The van der Waals surface area contributed by atoms with Gasteiger partial charge in [-0.25, -0.2) is 4.79 Å². The zero-order valence-corrected chi connectivity index (χ0v) is 9.96. The lowest BCUT2D eigenvalue weighted by Crippen LogP contribution is -2.27. The second-order valence-corrected chi connectivity index (χ2v) is 3.93. The Morgan fingerprint density at radius 1 is 1.35 bits per heavy atom. The van der Waals surface area contributed by atoms with Gasteiger partial charge in [-0.3, -0.25) is 4.57 Å². The van der Waals surface area contributed by atoms with E-state index in [9.17, 15) is 4.79 Å². The minimum Gasteiger partial charge on any atom is -0.470 e. The lowest BCUT2D eigenvalue weighted by molar-refractivity contribution is 0.146. The Kier molecular flexibility index (Phi) is 3.44. The molecule has 1 aromatic carbocycles. The predicted molar refractivity (Wildman–Crippen MR) is 65.3 cm³/mol. The zero-order valence-electron chi connectivity index (χ0n) is 9.21. The van der Waals surface area contributed by atoms with Crippen molar-refractivity contribution in [2.75, 3.05) is 0 Å². The SMILES string of the molecule is CC(Oc1ccccc1)n1cc(Cl)cnc1=O. The summed E-state index contributed by atoms with van der Waals surface area (Å²) in [4.78, 5) is 15.2. The highest BCUT2D eigenvalue weighted by Gasteiger charge is 2.08. The van der Waals surface area contributed by atoms with Crippen LogP contribution in [-0.4, -0.2) is 9.55 Å². The first-order chi connectivity index (χ1) is 8.16. The van der Waals surface area contributed by atoms with E-state index in [1.54, 1.807) is 6.92 Å². The van der Waals surface area contributed by atoms with Crippen molar-refractivity contribution in [3.63, 3.8) is 0 Å². The van der Waals surface area contributed by atoms with E-state index in [0.29, 0.717) is 10.8 Å². The van der Waals surface area contributed by atoms with E-state index in [4.69, 9.17) is 16.3 Å². The van der Waals surface area contributed by atoms with Gasteiger partial charge in [-0.15, -0.1) is 0 Å². The maximum Gasteiger partial charge on any atom is 0.350 e. The number of ether oxygens (including phenoxy) is 1. The molecule has 0 aliphatic carbocycles. The number of hydrogen-bond acceptors (Lipinski definition) is 3. The van der Waals surface area contributed by atoms with Crippen molar-refractivity contribution in [1.82, 2.24) is 9.55 Å². The molecule has 0 spiro atoms. The van der Waals surface area contributed by atoms with Crippen LogP contribution in [0.1, 0.15) is 13.2 Å². The predicted octanol–water partition coefficient (Wildman–Crippen LogP) is 2.49. The van der Waals surface area contributed by atoms with Gasteiger partial charge < -0.3 is 4.74 Å². The third-order valence-corrected chi connectivity index (χ3v) is 2.42. The molecule has 0 amide bonds. The first-order valence-electron chi connectivity index (χ1n) is 5.12. The average molecular weight is 251 g/mol. The highest BCUT2D eigenvalue weighted by atomic mass is 35.5. The van der Waals surface area contributed by atoms with Crippen LogP contribution in [0.3, 0.4) is 0 Å². The molecule has 4 nitrogen and oxygen atoms in total. The van der Waals surface area contributed by atoms with Crippen molar-refractivity contribution < 1.29 is 4.74 Å². The minimum atomic E-state index is -0.462. The van der Waals surface area contributed by atoms with E-state index in [1.165, 1.54) is 17.0 Å². The lowest BCUT2D eigenvalue weighted by Gasteiger charge is -2.16. The summed E-state index contributed by atoms with van der Waals surface area (Å²) in [5.41, 5.74) is -0.391. The van der Waals surface area contributed by atoms with Gasteiger partial charge in [0.05, 0.1) is 11.2 Å². The molecule has 0 saturated heterocycles. The molecule has 17 heavy (non-hydrogen) atoms. The second kappa shape index (κ2) is 5.01. The van der Waals surface area contributed by atoms with Crippen LogP contribution in [0.2, 0.25) is 5.02 Å². The van der Waals surface area contributed by atoms with Crippen molar-refractivity contribution in [3.8, 4) is 5.75 Å². The number of para-hydroxylation sites is 1. The molecule has 2 rings (SSSR count). The van der Waals surface area contributed by atoms with Crippen LogP contribution in [0, 0.1) is 0 Å². The van der Waals surface area contributed by atoms with E-state index >= 15 is 0 Å². The van der Waals surface area contributed by atoms with E-state index in [2.05, 4.69) is 4.98 Å². The molecule has 0 fully saturated rings. The Balaban J connectivity index is 2.23. The van der Waals surface area contributed by atoms with Crippen LogP contribution < -0.4 is 10.4 Å². The van der Waals surface area contributed by atoms with Gasteiger partial charge in [0.15, 0.2) is 6.23 Å². The summed E-state index contributed by atoms with van der Waals surface area (Å²) >= 11 is 5.79. The number of benzene rings is 1. The molecule has 2 aromatic rings. The smallest absolute Gasteiger partial charge is 0.350 e. The first-order valence-corrected chi connectivity index (χ1v) is 5.50. The van der Waals surface area contributed by atoms with Crippen molar-refractivity contribution in [2.24, 2.45) is 0 Å². The molecular formula is C12H11ClN2O2. The summed E-state index contributed by atoms with van der Waals surface area (Å²) in [6.45, 7) is 1.76. The quantitative estimate of drug-likeness (QED) is 0.841. The summed E-state index contributed by atoms with van der Waals surface area (Å²) in [6, 6.07) is 9.26. The fraction of sp³-hybridized carbons (Fsp3) is 0.167. The van der Waals surface area contributed by atoms with Gasteiger partial charge in [-0.05, 0) is 19.1 Å². The normalized spacial score (nSPS) is 12.1. The standard InChI is InChI=1S/C12H11ClN2O2/c1-9(17-11-5-3-2-4-6-11)15-8-10(13)7-14-12(15)16/h2-9H,1H3. The van der Waals surface area contributed by atoms with Crippen LogP contribution in [0.4, 0.5) is 0 Å². The van der Waals surface area contributed by atoms with E-state index in [0.717, 1.165) is 0 Å². The Morgan fingerprint density at radius 2 is 2.06 bits per heavy atom. The molecular weight excluding hydrogens is 240 g/mol. The zero-order chi connectivity index (χ0) is 12.3. The van der Waals surface area contributed by atoms with Crippen LogP contribution >= 0.6 is 11.6 Å². The number of hydrogen-bond donors (Lipinski definition) is 0. The third kappa shape index (κ3) is 2.85. The maximum atomic E-state index is 11.5. The Labute approximate surface area is 103 Å². The Morgan fingerprint density at radius 3 is 2.76 bits per heavy atom. The summed E-state index contributed by atoms with van der Waals surface area (Å²) < 4.78 is 6.94. The summed E-state index contributed by atoms with van der Waals surface area (Å²) in [5, 5.41) is 0.396.